The van der Waals surface area contributed by atoms with Crippen molar-refractivity contribution in [2.75, 3.05) is 51.3 Å². The summed E-state index contributed by atoms with van der Waals surface area (Å²) in [5.74, 6) is 1.33. The highest BCUT2D eigenvalue weighted by Gasteiger charge is 2.36. The number of halogens is 1. The van der Waals surface area contributed by atoms with Gasteiger partial charge in [0.1, 0.15) is 0 Å². The maximum atomic E-state index is 13.9. The lowest BCUT2D eigenvalue weighted by Crippen LogP contribution is -2.51. The van der Waals surface area contributed by atoms with Gasteiger partial charge in [0.2, 0.25) is 5.91 Å². The van der Waals surface area contributed by atoms with Gasteiger partial charge in [-0.3, -0.25) is 14.5 Å². The number of nitrogens with zero attached hydrogens (tertiary/aromatic N) is 3. The number of fused-ring (bicyclic) bond motifs is 1. The molecule has 1 aliphatic carbocycles. The Hall–Kier alpha value is -3.63. The van der Waals surface area contributed by atoms with Crippen LogP contribution in [-0.2, 0) is 22.6 Å². The molecule has 1 saturated heterocycles. The molecule has 0 spiro atoms. The monoisotopic (exact) mass is 730 g/mol. The third-order valence-electron chi connectivity index (χ3n) is 11.0. The number of rotatable bonds is 15. The summed E-state index contributed by atoms with van der Waals surface area (Å²) in [5, 5.41) is 13.2. The molecule has 2 N–H and O–H groups in total. The number of benzene rings is 3. The number of hydrogen-bond acceptors (Lipinski definition) is 7. The van der Waals surface area contributed by atoms with Crippen molar-refractivity contribution >= 4 is 29.2 Å². The van der Waals surface area contributed by atoms with E-state index in [2.05, 4.69) is 39.4 Å². The van der Waals surface area contributed by atoms with Crippen LogP contribution in [-0.4, -0.2) is 85.3 Å². The molecule has 1 saturated carbocycles. The van der Waals surface area contributed by atoms with Gasteiger partial charge in [0, 0.05) is 55.9 Å². The second-order valence-electron chi connectivity index (χ2n) is 15.0. The number of piperazine rings is 1. The number of nitrogens with one attached hydrogen (secondary N) is 1. The van der Waals surface area contributed by atoms with Crippen molar-refractivity contribution in [2.45, 2.75) is 89.9 Å². The van der Waals surface area contributed by atoms with Crippen molar-refractivity contribution in [2.24, 2.45) is 5.92 Å². The topological polar surface area (TPSA) is 94.6 Å². The first-order valence-corrected chi connectivity index (χ1v) is 19.5. The molecule has 52 heavy (non-hydrogen) atoms. The van der Waals surface area contributed by atoms with Gasteiger partial charge in [-0.05, 0) is 130 Å². The standard InChI is InChI=1S/C42H55ClN4O5/c1-29(2)52-39-26-37-33(24-38(39)51-3)25-40(48)47(42(37)32-11-13-34(43)14-12-32)36-17-9-31(10-18-36)28-44-27-30-7-15-35(16-8-30)46-22-20-45(21-23-46)19-5-4-6-41(49)50/h9-14,17-18,24,26,29-30,35,42,44H,4-8,15-16,19-23,25,27-28H2,1-3H3,(H,49,50)/t30?,35?,42-/m0/s1. The number of ether oxygens (including phenoxy) is 2. The molecular weight excluding hydrogens is 676 g/mol. The Morgan fingerprint density at radius 2 is 1.65 bits per heavy atom. The summed E-state index contributed by atoms with van der Waals surface area (Å²) in [6.07, 6.45) is 7.30. The molecule has 3 aromatic carbocycles. The summed E-state index contributed by atoms with van der Waals surface area (Å²) in [7, 11) is 1.63. The molecule has 3 aliphatic rings. The number of carboxylic acid groups (broad SMARTS) is 1. The van der Waals surface area contributed by atoms with Crippen LogP contribution < -0.4 is 19.7 Å². The Kier molecular flexibility index (Phi) is 13.1. The van der Waals surface area contributed by atoms with Gasteiger partial charge in [-0.25, -0.2) is 0 Å². The first kappa shape index (κ1) is 38.1. The average Bonchev–Trinajstić information content (AvgIpc) is 3.14. The van der Waals surface area contributed by atoms with Gasteiger partial charge in [-0.1, -0.05) is 35.9 Å². The van der Waals surface area contributed by atoms with E-state index in [1.54, 1.807) is 7.11 Å². The lowest BCUT2D eigenvalue weighted by atomic mass is 9.85. The van der Waals surface area contributed by atoms with E-state index in [0.717, 1.165) is 81.0 Å². The zero-order chi connectivity index (χ0) is 36.6. The van der Waals surface area contributed by atoms with E-state index >= 15 is 0 Å². The maximum Gasteiger partial charge on any atom is 0.303 e. The van der Waals surface area contributed by atoms with Crippen LogP contribution in [0, 0.1) is 5.92 Å². The van der Waals surface area contributed by atoms with Crippen molar-refractivity contribution in [3.05, 3.63) is 87.9 Å². The van der Waals surface area contributed by atoms with Gasteiger partial charge in [0.25, 0.3) is 0 Å². The van der Waals surface area contributed by atoms with Crippen molar-refractivity contribution < 1.29 is 24.2 Å². The van der Waals surface area contributed by atoms with Crippen LogP contribution in [0.5, 0.6) is 11.5 Å². The predicted molar refractivity (Wildman–Crippen MR) is 207 cm³/mol. The number of methoxy groups -OCH3 is 1. The summed E-state index contributed by atoms with van der Waals surface area (Å²) >= 11 is 6.29. The summed E-state index contributed by atoms with van der Waals surface area (Å²) in [6.45, 7) is 11.3. The van der Waals surface area contributed by atoms with Crippen LogP contribution in [0.4, 0.5) is 5.69 Å². The van der Waals surface area contributed by atoms with Gasteiger partial charge < -0.3 is 29.7 Å². The normalized spacial score (nSPS) is 21.3. The van der Waals surface area contributed by atoms with Gasteiger partial charge in [0.15, 0.2) is 11.5 Å². The SMILES string of the molecule is COc1cc2c(cc1OC(C)C)[C@H](c1ccc(Cl)cc1)N(c1ccc(CNCC3CCC(N4CCN(CCCCC(=O)O)CC4)CC3)cc1)C(=O)C2. The van der Waals surface area contributed by atoms with Crippen LogP contribution in [0.3, 0.4) is 0 Å². The van der Waals surface area contributed by atoms with Crippen LogP contribution >= 0.6 is 11.6 Å². The van der Waals surface area contributed by atoms with Crippen LogP contribution in [0.1, 0.15) is 87.1 Å². The number of unbranched alkanes of at least 4 members (excludes halogenated alkanes) is 1. The van der Waals surface area contributed by atoms with Crippen LogP contribution in [0.25, 0.3) is 0 Å². The molecule has 280 valence electrons. The minimum absolute atomic E-state index is 0.0269. The predicted octanol–water partition coefficient (Wildman–Crippen LogP) is 7.34. The van der Waals surface area contributed by atoms with Crippen molar-refractivity contribution in [1.82, 2.24) is 15.1 Å². The van der Waals surface area contributed by atoms with E-state index in [1.165, 1.54) is 31.2 Å². The summed E-state index contributed by atoms with van der Waals surface area (Å²) in [5.41, 5.74) is 4.99. The fourth-order valence-electron chi connectivity index (χ4n) is 8.20. The molecule has 0 radical (unpaired) electrons. The molecule has 0 aromatic heterocycles. The average molecular weight is 731 g/mol. The molecule has 0 bridgehead atoms. The molecule has 9 nitrogen and oxygen atoms in total. The lowest BCUT2D eigenvalue weighted by molar-refractivity contribution is -0.137. The number of anilines is 1. The Balaban J connectivity index is 1.03. The Labute approximate surface area is 314 Å². The number of carboxylic acids is 1. The van der Waals surface area contributed by atoms with E-state index in [9.17, 15) is 9.59 Å². The molecule has 6 rings (SSSR count). The molecule has 2 heterocycles. The molecule has 1 amide bonds. The van der Waals surface area contributed by atoms with Gasteiger partial charge >= 0.3 is 5.97 Å². The minimum atomic E-state index is -0.692. The Morgan fingerprint density at radius 1 is 0.942 bits per heavy atom. The van der Waals surface area contributed by atoms with E-state index in [4.69, 9.17) is 26.2 Å². The number of carbonyl (C=O) groups excluding carboxylic acids is 1. The fraction of sp³-hybridized carbons (Fsp3) is 0.524. The van der Waals surface area contributed by atoms with E-state index in [1.807, 2.05) is 55.1 Å². The molecule has 3 aromatic rings. The molecule has 0 unspecified atom stereocenters. The van der Waals surface area contributed by atoms with Gasteiger partial charge in [-0.15, -0.1) is 0 Å². The third kappa shape index (κ3) is 9.67. The fourth-order valence-corrected chi connectivity index (χ4v) is 8.33. The van der Waals surface area contributed by atoms with E-state index in [-0.39, 0.29) is 30.9 Å². The third-order valence-corrected chi connectivity index (χ3v) is 11.2. The molecule has 2 fully saturated rings. The van der Waals surface area contributed by atoms with Crippen molar-refractivity contribution in [1.29, 1.82) is 0 Å². The smallest absolute Gasteiger partial charge is 0.303 e. The summed E-state index contributed by atoms with van der Waals surface area (Å²) < 4.78 is 11.8. The molecular formula is C42H55ClN4O5. The minimum Gasteiger partial charge on any atom is -0.493 e. The van der Waals surface area contributed by atoms with Crippen molar-refractivity contribution in [3.8, 4) is 11.5 Å². The molecule has 10 heteroatoms. The first-order valence-electron chi connectivity index (χ1n) is 19.1. The Bertz CT molecular complexity index is 1630. The maximum absolute atomic E-state index is 13.9. The van der Waals surface area contributed by atoms with Crippen molar-refractivity contribution in [3.63, 3.8) is 0 Å². The largest absolute Gasteiger partial charge is 0.493 e. The highest BCUT2D eigenvalue weighted by molar-refractivity contribution is 6.30. The summed E-state index contributed by atoms with van der Waals surface area (Å²) in [4.78, 5) is 31.8. The van der Waals surface area contributed by atoms with Gasteiger partial charge in [0.05, 0.1) is 25.7 Å². The zero-order valence-electron chi connectivity index (χ0n) is 31.0. The number of aliphatic carboxylic acids is 1. The van der Waals surface area contributed by atoms with E-state index in [0.29, 0.717) is 28.5 Å². The second kappa shape index (κ2) is 17.9. The second-order valence-corrected chi connectivity index (χ2v) is 15.4. The van der Waals surface area contributed by atoms with Crippen LogP contribution in [0.15, 0.2) is 60.7 Å². The zero-order valence-corrected chi connectivity index (χ0v) is 31.7. The van der Waals surface area contributed by atoms with Gasteiger partial charge in [-0.2, -0.15) is 0 Å². The number of amides is 1. The Morgan fingerprint density at radius 3 is 2.31 bits per heavy atom. The first-order chi connectivity index (χ1) is 25.2. The van der Waals surface area contributed by atoms with Crippen LogP contribution in [0.2, 0.25) is 5.02 Å². The number of carbonyl (C=O) groups is 2. The highest BCUT2D eigenvalue weighted by Crippen LogP contribution is 2.44. The highest BCUT2D eigenvalue weighted by atomic mass is 35.5. The molecule has 1 atom stereocenters. The quantitative estimate of drug-likeness (QED) is 0.157. The summed E-state index contributed by atoms with van der Waals surface area (Å²) in [6, 6.07) is 20.5. The lowest BCUT2D eigenvalue weighted by Gasteiger charge is -2.42. The molecule has 2 aliphatic heterocycles. The number of hydrogen-bond donors (Lipinski definition) is 2. The van der Waals surface area contributed by atoms with E-state index < -0.39 is 5.97 Å².